The Bertz CT molecular complexity index is 1170. The number of likely N-dealkylation sites (N-methyl/N-ethyl adjacent to an activating group) is 1. The number of benzene rings is 1. The normalized spacial score (nSPS) is 14.2. The molecule has 10 heteroatoms. The maximum Gasteiger partial charge on any atom is 0.324 e. The van der Waals surface area contributed by atoms with E-state index in [2.05, 4.69) is 14.9 Å². The van der Waals surface area contributed by atoms with Crippen LogP contribution in [0, 0.1) is 12.8 Å². The third-order valence-electron chi connectivity index (χ3n) is 5.77. The number of carbonyl (C=O) groups excluding carboxylic acids is 1. The Morgan fingerprint density at radius 2 is 2.06 bits per heavy atom. The predicted molar refractivity (Wildman–Crippen MR) is 133 cm³/mol. The van der Waals surface area contributed by atoms with E-state index in [1.54, 1.807) is 26.0 Å². The predicted octanol–water partition coefficient (Wildman–Crippen LogP) is 3.96. The van der Waals surface area contributed by atoms with Crippen molar-refractivity contribution in [2.24, 2.45) is 5.92 Å². The number of rotatable bonds is 10. The second-order valence-electron chi connectivity index (χ2n) is 8.65. The fourth-order valence-electron chi connectivity index (χ4n) is 4.15. The number of aromatic nitrogens is 2. The van der Waals surface area contributed by atoms with Crippen LogP contribution in [0.1, 0.15) is 56.9 Å². The SMILES string of the molecule is CCOC(=O)[C@H](CC(C)C)N(CC)S(=O)(=O)c1ccc(Cn2c(C)nc3c2C=CNC3)c(Cl)c1. The summed E-state index contributed by atoms with van der Waals surface area (Å²) in [7, 11) is -3.97. The quantitative estimate of drug-likeness (QED) is 0.488. The van der Waals surface area contributed by atoms with Crippen molar-refractivity contribution >= 4 is 33.7 Å². The van der Waals surface area contributed by atoms with E-state index in [1.807, 2.05) is 33.0 Å². The van der Waals surface area contributed by atoms with Gasteiger partial charge in [-0.2, -0.15) is 4.31 Å². The Morgan fingerprint density at radius 1 is 1.32 bits per heavy atom. The molecule has 2 heterocycles. The van der Waals surface area contributed by atoms with Crippen molar-refractivity contribution in [2.75, 3.05) is 13.2 Å². The van der Waals surface area contributed by atoms with Crippen LogP contribution in [0.15, 0.2) is 29.3 Å². The fourth-order valence-corrected chi connectivity index (χ4v) is 6.08. The third kappa shape index (κ3) is 5.47. The second-order valence-corrected chi connectivity index (χ2v) is 10.9. The first-order valence-electron chi connectivity index (χ1n) is 11.5. The van der Waals surface area contributed by atoms with Crippen LogP contribution in [0.4, 0.5) is 0 Å². The van der Waals surface area contributed by atoms with E-state index in [1.165, 1.54) is 10.4 Å². The lowest BCUT2D eigenvalue weighted by Gasteiger charge is -2.29. The summed E-state index contributed by atoms with van der Waals surface area (Å²) in [4.78, 5) is 17.3. The number of imidazole rings is 1. The van der Waals surface area contributed by atoms with Crippen LogP contribution in [0.5, 0.6) is 0 Å². The molecular formula is C24H33ClN4O4S. The van der Waals surface area contributed by atoms with Crippen molar-refractivity contribution in [3.05, 3.63) is 52.2 Å². The summed E-state index contributed by atoms with van der Waals surface area (Å²) in [5.41, 5.74) is 2.75. The largest absolute Gasteiger partial charge is 0.465 e. The molecular weight excluding hydrogens is 476 g/mol. The molecule has 0 fully saturated rings. The highest BCUT2D eigenvalue weighted by molar-refractivity contribution is 7.89. The first-order chi connectivity index (χ1) is 16.1. The number of sulfonamides is 1. The number of carbonyl (C=O) groups is 1. The van der Waals surface area contributed by atoms with Crippen molar-refractivity contribution in [3.63, 3.8) is 0 Å². The Hall–Kier alpha value is -2.36. The van der Waals surface area contributed by atoms with Crippen LogP contribution in [-0.2, 0) is 32.6 Å². The van der Waals surface area contributed by atoms with Gasteiger partial charge in [-0.1, -0.05) is 38.4 Å². The Morgan fingerprint density at radius 3 is 2.68 bits per heavy atom. The van der Waals surface area contributed by atoms with E-state index in [-0.39, 0.29) is 24.0 Å². The van der Waals surface area contributed by atoms with Gasteiger partial charge in [0.25, 0.3) is 0 Å². The lowest BCUT2D eigenvalue weighted by molar-refractivity contribution is -0.148. The minimum atomic E-state index is -3.97. The van der Waals surface area contributed by atoms with Gasteiger partial charge in [-0.25, -0.2) is 13.4 Å². The molecule has 1 aromatic carbocycles. The highest BCUT2D eigenvalue weighted by Crippen LogP contribution is 2.28. The zero-order chi connectivity index (χ0) is 25.0. The first-order valence-corrected chi connectivity index (χ1v) is 13.3. The summed E-state index contributed by atoms with van der Waals surface area (Å²) >= 11 is 6.57. The zero-order valence-electron chi connectivity index (χ0n) is 20.3. The lowest BCUT2D eigenvalue weighted by Crippen LogP contribution is -2.46. The summed E-state index contributed by atoms with van der Waals surface area (Å²) in [6.45, 7) is 10.7. The number of aryl methyl sites for hydroxylation is 1. The zero-order valence-corrected chi connectivity index (χ0v) is 21.9. The first kappa shape index (κ1) is 26.2. The van der Waals surface area contributed by atoms with Crippen LogP contribution in [0.2, 0.25) is 5.02 Å². The Labute approximate surface area is 207 Å². The van der Waals surface area contributed by atoms with Gasteiger partial charge in [0.15, 0.2) is 0 Å². The number of esters is 1. The molecule has 3 rings (SSSR count). The van der Waals surface area contributed by atoms with Crippen LogP contribution >= 0.6 is 11.6 Å². The van der Waals surface area contributed by atoms with Crippen LogP contribution in [0.3, 0.4) is 0 Å². The summed E-state index contributed by atoms with van der Waals surface area (Å²) < 4.78 is 35.6. The van der Waals surface area contributed by atoms with Gasteiger partial charge in [0.2, 0.25) is 10.0 Å². The number of nitrogens with zero attached hydrogens (tertiary/aromatic N) is 3. The van der Waals surface area contributed by atoms with Gasteiger partial charge >= 0.3 is 5.97 Å². The molecule has 34 heavy (non-hydrogen) atoms. The fraction of sp³-hybridized carbons (Fsp3) is 0.500. The number of ether oxygens (including phenoxy) is 1. The molecule has 2 aromatic rings. The van der Waals surface area contributed by atoms with Crippen molar-refractivity contribution in [1.82, 2.24) is 19.2 Å². The monoisotopic (exact) mass is 508 g/mol. The molecule has 1 aliphatic rings. The van der Waals surface area contributed by atoms with Crippen LogP contribution < -0.4 is 5.32 Å². The molecule has 1 atom stereocenters. The van der Waals surface area contributed by atoms with Gasteiger partial charge in [-0.15, -0.1) is 0 Å². The van der Waals surface area contributed by atoms with Crippen molar-refractivity contribution in [2.45, 2.75) is 65.1 Å². The number of halogens is 1. The molecule has 0 amide bonds. The molecule has 0 spiro atoms. The van der Waals surface area contributed by atoms with Gasteiger partial charge in [-0.3, -0.25) is 4.79 Å². The lowest BCUT2D eigenvalue weighted by atomic mass is 10.0. The molecule has 0 radical (unpaired) electrons. The topological polar surface area (TPSA) is 93.5 Å². The third-order valence-corrected chi connectivity index (χ3v) is 8.11. The number of hydrogen-bond donors (Lipinski definition) is 1. The molecule has 0 bridgehead atoms. The molecule has 0 saturated heterocycles. The van der Waals surface area contributed by atoms with E-state index in [0.717, 1.165) is 22.8 Å². The highest BCUT2D eigenvalue weighted by atomic mass is 35.5. The molecule has 186 valence electrons. The van der Waals surface area contributed by atoms with Crippen LogP contribution in [-0.4, -0.2) is 47.4 Å². The number of nitrogens with one attached hydrogen (secondary N) is 1. The molecule has 1 N–H and O–H groups in total. The van der Waals surface area contributed by atoms with Crippen molar-refractivity contribution in [1.29, 1.82) is 0 Å². The average molecular weight is 509 g/mol. The highest BCUT2D eigenvalue weighted by Gasteiger charge is 2.36. The van der Waals surface area contributed by atoms with Crippen LogP contribution in [0.25, 0.3) is 6.08 Å². The summed E-state index contributed by atoms with van der Waals surface area (Å²) in [5.74, 6) is 0.430. The second kappa shape index (κ2) is 10.9. The molecule has 0 unspecified atom stereocenters. The van der Waals surface area contributed by atoms with E-state index < -0.39 is 22.0 Å². The van der Waals surface area contributed by atoms with Crippen molar-refractivity contribution in [3.8, 4) is 0 Å². The molecule has 0 aliphatic carbocycles. The van der Waals surface area contributed by atoms with E-state index in [9.17, 15) is 13.2 Å². The van der Waals surface area contributed by atoms with Gasteiger partial charge in [0, 0.05) is 11.6 Å². The molecule has 1 aromatic heterocycles. The maximum absolute atomic E-state index is 13.5. The Kier molecular flexibility index (Phi) is 8.43. The van der Waals surface area contributed by atoms with E-state index >= 15 is 0 Å². The summed E-state index contributed by atoms with van der Waals surface area (Å²) in [6.07, 6.45) is 4.22. The maximum atomic E-state index is 13.5. The van der Waals surface area contributed by atoms with E-state index in [4.69, 9.17) is 16.3 Å². The van der Waals surface area contributed by atoms with Gasteiger partial charge < -0.3 is 14.6 Å². The summed E-state index contributed by atoms with van der Waals surface area (Å²) in [6, 6.07) is 3.84. The molecule has 0 saturated carbocycles. The van der Waals surface area contributed by atoms with Gasteiger partial charge in [0.05, 0.1) is 36.0 Å². The Balaban J connectivity index is 1.92. The smallest absolute Gasteiger partial charge is 0.324 e. The van der Waals surface area contributed by atoms with E-state index in [0.29, 0.717) is 24.5 Å². The molecule has 1 aliphatic heterocycles. The van der Waals surface area contributed by atoms with Gasteiger partial charge in [0.1, 0.15) is 11.9 Å². The number of hydrogen-bond acceptors (Lipinski definition) is 6. The minimum Gasteiger partial charge on any atom is -0.465 e. The molecule has 8 nitrogen and oxygen atoms in total. The van der Waals surface area contributed by atoms with Crippen molar-refractivity contribution < 1.29 is 17.9 Å². The number of fused-ring (bicyclic) bond motifs is 1. The average Bonchev–Trinajstić information content (AvgIpc) is 3.09. The van der Waals surface area contributed by atoms with Gasteiger partial charge in [-0.05, 0) is 56.2 Å². The standard InChI is InChI=1S/C24H33ClN4O4S/c1-6-29(23(12-16(3)4)24(30)33-7-2)34(31,32)19-9-8-18(20(25)13-19)15-28-17(5)27-21-14-26-11-10-22(21)28/h8-11,13,16,23,26H,6-7,12,14-15H2,1-5H3/t23-/m0/s1. The minimum absolute atomic E-state index is 0.0506. The summed E-state index contributed by atoms with van der Waals surface area (Å²) in [5, 5.41) is 3.49.